The molecule has 0 aliphatic heterocycles. The van der Waals surface area contributed by atoms with Crippen molar-refractivity contribution in [1.82, 2.24) is 19.6 Å². The highest BCUT2D eigenvalue weighted by Crippen LogP contribution is 2.16. The van der Waals surface area contributed by atoms with Gasteiger partial charge in [-0.25, -0.2) is 9.50 Å². The lowest BCUT2D eigenvalue weighted by Gasteiger charge is -2.12. The van der Waals surface area contributed by atoms with E-state index in [0.29, 0.717) is 11.5 Å². The van der Waals surface area contributed by atoms with E-state index in [2.05, 4.69) is 20.4 Å². The van der Waals surface area contributed by atoms with Crippen molar-refractivity contribution in [1.29, 1.82) is 0 Å². The van der Waals surface area contributed by atoms with Gasteiger partial charge in [-0.2, -0.15) is 4.98 Å². The van der Waals surface area contributed by atoms with Crippen molar-refractivity contribution in [2.75, 3.05) is 24.3 Å². The molecule has 1 amide bonds. The number of nitrogens with zero attached hydrogens (tertiary/aromatic N) is 5. The lowest BCUT2D eigenvalue weighted by Crippen LogP contribution is -2.14. The first kappa shape index (κ1) is 13.0. The van der Waals surface area contributed by atoms with Crippen LogP contribution in [-0.2, 0) is 0 Å². The van der Waals surface area contributed by atoms with Crippen LogP contribution in [0.5, 0.6) is 0 Å². The van der Waals surface area contributed by atoms with Crippen LogP contribution in [0.25, 0.3) is 5.78 Å². The van der Waals surface area contributed by atoms with Gasteiger partial charge in [0.2, 0.25) is 5.82 Å². The van der Waals surface area contributed by atoms with Crippen LogP contribution >= 0.6 is 0 Å². The smallest absolute Gasteiger partial charge is 0.295 e. The van der Waals surface area contributed by atoms with Crippen molar-refractivity contribution < 1.29 is 4.79 Å². The van der Waals surface area contributed by atoms with Crippen LogP contribution in [0.15, 0.2) is 42.7 Å². The fourth-order valence-electron chi connectivity index (χ4n) is 1.86. The van der Waals surface area contributed by atoms with Gasteiger partial charge in [-0.1, -0.05) is 0 Å². The fourth-order valence-corrected chi connectivity index (χ4v) is 1.86. The quantitative estimate of drug-likeness (QED) is 0.786. The zero-order valence-corrected chi connectivity index (χ0v) is 11.7. The lowest BCUT2D eigenvalue weighted by atomic mass is 10.2. The molecule has 0 bridgehead atoms. The highest BCUT2D eigenvalue weighted by molar-refractivity contribution is 6.01. The van der Waals surface area contributed by atoms with Crippen LogP contribution in [0.3, 0.4) is 0 Å². The monoisotopic (exact) mass is 282 g/mol. The molecule has 0 fully saturated rings. The summed E-state index contributed by atoms with van der Waals surface area (Å²) in [7, 11) is 3.92. The number of carbonyl (C=O) groups excluding carboxylic acids is 1. The Morgan fingerprint density at radius 3 is 2.67 bits per heavy atom. The predicted molar refractivity (Wildman–Crippen MR) is 79.5 cm³/mol. The van der Waals surface area contributed by atoms with Gasteiger partial charge in [0, 0.05) is 37.9 Å². The van der Waals surface area contributed by atoms with Gasteiger partial charge in [-0.3, -0.25) is 4.79 Å². The molecule has 1 N–H and O–H groups in total. The van der Waals surface area contributed by atoms with Crippen molar-refractivity contribution in [3.05, 3.63) is 48.5 Å². The van der Waals surface area contributed by atoms with Crippen LogP contribution in [0.4, 0.5) is 11.4 Å². The minimum atomic E-state index is -0.363. The maximum Gasteiger partial charge on any atom is 0.295 e. The third kappa shape index (κ3) is 2.66. The second kappa shape index (κ2) is 5.20. The van der Waals surface area contributed by atoms with Gasteiger partial charge >= 0.3 is 0 Å². The maximum atomic E-state index is 12.1. The minimum Gasteiger partial charge on any atom is -0.378 e. The first-order valence-electron chi connectivity index (χ1n) is 6.39. The number of amides is 1. The lowest BCUT2D eigenvalue weighted by molar-refractivity contribution is 0.101. The summed E-state index contributed by atoms with van der Waals surface area (Å²) in [5.74, 6) is 0.120. The maximum absolute atomic E-state index is 12.1. The van der Waals surface area contributed by atoms with Crippen molar-refractivity contribution in [2.45, 2.75) is 0 Å². The number of aromatic nitrogens is 4. The third-order valence-electron chi connectivity index (χ3n) is 2.96. The Hall–Kier alpha value is -2.96. The molecule has 3 aromatic rings. The molecule has 1 aromatic carbocycles. The number of rotatable bonds is 3. The molecule has 2 heterocycles. The average Bonchev–Trinajstić information content (AvgIpc) is 2.92. The van der Waals surface area contributed by atoms with Crippen LogP contribution in [0.1, 0.15) is 10.6 Å². The summed E-state index contributed by atoms with van der Waals surface area (Å²) >= 11 is 0. The molecule has 7 heteroatoms. The van der Waals surface area contributed by atoms with Crippen molar-refractivity contribution >= 4 is 23.1 Å². The van der Waals surface area contributed by atoms with Gasteiger partial charge in [0.15, 0.2) is 0 Å². The first-order chi connectivity index (χ1) is 10.1. The van der Waals surface area contributed by atoms with Crippen LogP contribution in [0.2, 0.25) is 0 Å². The Morgan fingerprint density at radius 1 is 1.24 bits per heavy atom. The number of carbonyl (C=O) groups is 1. The molecule has 2 aromatic heterocycles. The largest absolute Gasteiger partial charge is 0.378 e. The number of nitrogens with one attached hydrogen (secondary N) is 1. The molecule has 0 aliphatic rings. The van der Waals surface area contributed by atoms with Gasteiger partial charge < -0.3 is 10.2 Å². The Balaban J connectivity index is 1.79. The fraction of sp³-hybridized carbons (Fsp3) is 0.143. The molecule has 0 spiro atoms. The highest BCUT2D eigenvalue weighted by atomic mass is 16.2. The zero-order valence-electron chi connectivity index (χ0n) is 11.7. The summed E-state index contributed by atoms with van der Waals surface area (Å²) in [6.45, 7) is 0. The minimum absolute atomic E-state index is 0.0883. The van der Waals surface area contributed by atoms with Gasteiger partial charge in [0.1, 0.15) is 0 Å². The number of benzene rings is 1. The summed E-state index contributed by atoms with van der Waals surface area (Å²) < 4.78 is 1.46. The van der Waals surface area contributed by atoms with Crippen LogP contribution in [-0.4, -0.2) is 39.6 Å². The van der Waals surface area contributed by atoms with Crippen LogP contribution < -0.4 is 10.2 Å². The SMILES string of the molecule is CN(C)c1ccc(NC(=O)c2nc3ncccn3n2)cc1. The summed E-state index contributed by atoms with van der Waals surface area (Å²) in [4.78, 5) is 22.2. The molecule has 0 unspecified atom stereocenters. The predicted octanol–water partition coefficient (Wildman–Crippen LogP) is 1.44. The molecule has 0 radical (unpaired) electrons. The van der Waals surface area contributed by atoms with E-state index in [1.165, 1.54) is 4.52 Å². The molecule has 3 rings (SSSR count). The van der Waals surface area contributed by atoms with E-state index in [0.717, 1.165) is 5.69 Å². The summed E-state index contributed by atoms with van der Waals surface area (Å²) in [5, 5.41) is 6.84. The molecular formula is C14H14N6O. The molecule has 7 nitrogen and oxygen atoms in total. The number of hydrogen-bond acceptors (Lipinski definition) is 5. The van der Waals surface area contributed by atoms with E-state index in [-0.39, 0.29) is 11.7 Å². The van der Waals surface area contributed by atoms with E-state index in [1.807, 2.05) is 43.3 Å². The molecule has 0 saturated heterocycles. The first-order valence-corrected chi connectivity index (χ1v) is 6.39. The molecule has 106 valence electrons. The second-order valence-corrected chi connectivity index (χ2v) is 4.70. The summed E-state index contributed by atoms with van der Waals surface area (Å²) in [6.07, 6.45) is 3.30. The molecular weight excluding hydrogens is 268 g/mol. The van der Waals surface area contributed by atoms with Gasteiger partial charge in [0.25, 0.3) is 11.7 Å². The van der Waals surface area contributed by atoms with Crippen molar-refractivity contribution in [3.8, 4) is 0 Å². The molecule has 0 aliphatic carbocycles. The zero-order chi connectivity index (χ0) is 14.8. The van der Waals surface area contributed by atoms with Crippen molar-refractivity contribution in [3.63, 3.8) is 0 Å². The molecule has 0 saturated carbocycles. The Bertz CT molecular complexity index is 745. The van der Waals surface area contributed by atoms with E-state index >= 15 is 0 Å². The van der Waals surface area contributed by atoms with Crippen molar-refractivity contribution in [2.24, 2.45) is 0 Å². The highest BCUT2D eigenvalue weighted by Gasteiger charge is 2.13. The van der Waals surface area contributed by atoms with Gasteiger partial charge in [-0.05, 0) is 30.3 Å². The number of hydrogen-bond donors (Lipinski definition) is 1. The normalized spacial score (nSPS) is 10.6. The standard InChI is InChI=1S/C14H14N6O/c1-19(2)11-6-4-10(5-7-11)16-13(21)12-17-14-15-8-3-9-20(14)18-12/h3-9H,1-2H3,(H,16,21). The summed E-state index contributed by atoms with van der Waals surface area (Å²) in [6, 6.07) is 9.24. The third-order valence-corrected chi connectivity index (χ3v) is 2.96. The Morgan fingerprint density at radius 2 is 2.00 bits per heavy atom. The number of anilines is 2. The molecule has 21 heavy (non-hydrogen) atoms. The van der Waals surface area contributed by atoms with E-state index in [1.54, 1.807) is 18.5 Å². The second-order valence-electron chi connectivity index (χ2n) is 4.70. The van der Waals surface area contributed by atoms with E-state index < -0.39 is 0 Å². The van der Waals surface area contributed by atoms with Gasteiger partial charge in [-0.15, -0.1) is 5.10 Å². The van der Waals surface area contributed by atoms with Gasteiger partial charge in [0.05, 0.1) is 0 Å². The Labute approximate surface area is 121 Å². The van der Waals surface area contributed by atoms with Crippen LogP contribution in [0, 0.1) is 0 Å². The topological polar surface area (TPSA) is 75.4 Å². The Kier molecular flexibility index (Phi) is 3.23. The average molecular weight is 282 g/mol. The molecule has 0 atom stereocenters. The summed E-state index contributed by atoms with van der Waals surface area (Å²) in [5.41, 5.74) is 1.75. The number of fused-ring (bicyclic) bond motifs is 1. The van der Waals surface area contributed by atoms with E-state index in [9.17, 15) is 4.79 Å². The van der Waals surface area contributed by atoms with E-state index in [4.69, 9.17) is 0 Å².